The second-order valence-electron chi connectivity index (χ2n) is 1.59. The van der Waals surface area contributed by atoms with E-state index in [0.29, 0.717) is 0 Å². The van der Waals surface area contributed by atoms with Crippen LogP contribution in [0.1, 0.15) is 6.92 Å². The van der Waals surface area contributed by atoms with Crippen LogP contribution in [0.15, 0.2) is 0 Å². The van der Waals surface area contributed by atoms with Gasteiger partial charge in [-0.3, -0.25) is 0 Å². The van der Waals surface area contributed by atoms with Gasteiger partial charge in [0.1, 0.15) is 6.10 Å². The van der Waals surface area contributed by atoms with Crippen molar-refractivity contribution in [1.29, 1.82) is 0 Å². The lowest BCUT2D eigenvalue weighted by Gasteiger charge is -1.90. The van der Waals surface area contributed by atoms with E-state index in [9.17, 15) is 0 Å². The molecule has 0 aliphatic carbocycles. The van der Waals surface area contributed by atoms with Crippen molar-refractivity contribution in [2.24, 2.45) is 0 Å². The molecule has 0 aliphatic rings. The summed E-state index contributed by atoms with van der Waals surface area (Å²) in [6.07, 6.45) is -1.00. The normalized spacial score (nSPS) is 9.00. The molecule has 0 rings (SSSR count). The molecule has 0 aromatic rings. The Kier molecular flexibility index (Phi) is 5.86. The Bertz CT molecular complexity index is 272. The van der Waals surface area contributed by atoms with Crippen LogP contribution in [0.25, 0.3) is 0 Å². The molecule has 0 unspecified atom stereocenters. The van der Waals surface area contributed by atoms with Crippen molar-refractivity contribution in [2.45, 2.75) is 13.0 Å². The first kappa shape index (κ1) is 9.60. The maximum Gasteiger partial charge on any atom is 0.138 e. The first-order valence-corrected chi connectivity index (χ1v) is 3.02. The fraction of sp³-hybridized carbons (Fsp3) is 0.333. The number of aliphatic hydroxyl groups excluding tert-OH is 2. The summed E-state index contributed by atoms with van der Waals surface area (Å²) in [6, 6.07) is 0. The summed E-state index contributed by atoms with van der Waals surface area (Å²) < 4.78 is 0. The van der Waals surface area contributed by atoms with Gasteiger partial charge in [-0.1, -0.05) is 11.8 Å². The molecule has 0 amide bonds. The fourth-order valence-corrected chi connectivity index (χ4v) is 0.290. The summed E-state index contributed by atoms with van der Waals surface area (Å²) in [7, 11) is 0. The zero-order chi connectivity index (χ0) is 8.53. The Morgan fingerprint density at radius 3 is 2.36 bits per heavy atom. The smallest absolute Gasteiger partial charge is 0.138 e. The predicted octanol–water partition coefficient (Wildman–Crippen LogP) is -0.630. The molecule has 0 aliphatic heterocycles. The monoisotopic (exact) mass is 148 g/mol. The minimum atomic E-state index is -1.00. The first-order chi connectivity index (χ1) is 5.31. The van der Waals surface area contributed by atoms with Gasteiger partial charge in [-0.25, -0.2) is 0 Å². The molecule has 56 valence electrons. The molecular weight excluding hydrogens is 140 g/mol. The highest BCUT2D eigenvalue weighted by molar-refractivity contribution is 5.35. The van der Waals surface area contributed by atoms with Gasteiger partial charge in [0.15, 0.2) is 0 Å². The summed E-state index contributed by atoms with van der Waals surface area (Å²) in [5.74, 6) is 14.5. The maximum atomic E-state index is 8.69. The molecule has 0 radical (unpaired) electrons. The second kappa shape index (κ2) is 6.72. The Balaban J connectivity index is 3.89. The zero-order valence-electron chi connectivity index (χ0n) is 6.18. The Labute approximate surface area is 66.2 Å². The van der Waals surface area contributed by atoms with Crippen LogP contribution in [-0.2, 0) is 0 Å². The van der Waals surface area contributed by atoms with Gasteiger partial charge in [0, 0.05) is 0 Å². The third kappa shape index (κ3) is 6.49. The Hall–Kier alpha value is -1.40. The largest absolute Gasteiger partial charge is 0.393 e. The van der Waals surface area contributed by atoms with Crippen molar-refractivity contribution >= 4 is 0 Å². The lowest BCUT2D eigenvalue weighted by molar-refractivity contribution is 0.138. The quantitative estimate of drug-likeness (QED) is 0.486. The highest BCUT2D eigenvalue weighted by Crippen LogP contribution is 1.72. The maximum absolute atomic E-state index is 8.69. The molecule has 0 spiro atoms. The predicted molar refractivity (Wildman–Crippen MR) is 42.1 cm³/mol. The van der Waals surface area contributed by atoms with Crippen molar-refractivity contribution in [3.63, 3.8) is 0 Å². The van der Waals surface area contributed by atoms with Crippen LogP contribution in [0, 0.1) is 35.5 Å². The van der Waals surface area contributed by atoms with Crippen LogP contribution >= 0.6 is 0 Å². The van der Waals surface area contributed by atoms with E-state index in [1.807, 2.05) is 0 Å². The average molecular weight is 148 g/mol. The number of rotatable bonds is 1. The molecule has 2 nitrogen and oxygen atoms in total. The van der Waals surface area contributed by atoms with Gasteiger partial charge < -0.3 is 10.2 Å². The van der Waals surface area contributed by atoms with Crippen LogP contribution < -0.4 is 0 Å². The fourth-order valence-electron chi connectivity index (χ4n) is 0.290. The van der Waals surface area contributed by atoms with Crippen molar-refractivity contribution in [1.82, 2.24) is 0 Å². The third-order valence-electron chi connectivity index (χ3n) is 0.724. The molecule has 0 heterocycles. The van der Waals surface area contributed by atoms with Crippen LogP contribution in [0.4, 0.5) is 0 Å². The molecule has 0 saturated carbocycles. The molecule has 11 heavy (non-hydrogen) atoms. The number of aliphatic hydroxyl groups is 2. The minimum absolute atomic E-state index is 0.367. The minimum Gasteiger partial charge on any atom is -0.393 e. The zero-order valence-corrected chi connectivity index (χ0v) is 6.18. The van der Waals surface area contributed by atoms with Gasteiger partial charge in [-0.2, -0.15) is 0 Å². The third-order valence-corrected chi connectivity index (χ3v) is 0.724. The van der Waals surface area contributed by atoms with Crippen LogP contribution in [0.2, 0.25) is 0 Å². The van der Waals surface area contributed by atoms with Gasteiger partial charge in [-0.05, 0) is 30.6 Å². The number of hydrogen-bond donors (Lipinski definition) is 2. The van der Waals surface area contributed by atoms with E-state index in [1.165, 1.54) is 0 Å². The number of hydrogen-bond acceptors (Lipinski definition) is 2. The van der Waals surface area contributed by atoms with E-state index in [-0.39, 0.29) is 6.61 Å². The molecule has 0 aromatic heterocycles. The van der Waals surface area contributed by atoms with Gasteiger partial charge in [-0.15, -0.1) is 0 Å². The van der Waals surface area contributed by atoms with E-state index in [1.54, 1.807) is 6.92 Å². The molecule has 1 atom stereocenters. The van der Waals surface area contributed by atoms with Crippen LogP contribution in [-0.4, -0.2) is 22.9 Å². The lowest BCUT2D eigenvalue weighted by Crippen LogP contribution is -2.07. The highest BCUT2D eigenvalue weighted by Gasteiger charge is 1.90. The van der Waals surface area contributed by atoms with Crippen molar-refractivity contribution in [2.75, 3.05) is 6.61 Å². The molecular formula is C9H8O2. The van der Waals surface area contributed by atoms with Crippen LogP contribution in [0.3, 0.4) is 0 Å². The molecule has 2 heteroatoms. The average Bonchev–Trinajstić information content (AvgIpc) is 2.04. The second-order valence-corrected chi connectivity index (χ2v) is 1.59. The summed E-state index contributed by atoms with van der Waals surface area (Å²) in [5, 5.41) is 17.0. The highest BCUT2D eigenvalue weighted by atomic mass is 16.3. The summed E-state index contributed by atoms with van der Waals surface area (Å²) in [6.45, 7) is 1.30. The van der Waals surface area contributed by atoms with Gasteiger partial charge in [0.05, 0.1) is 6.61 Å². The molecule has 0 fully saturated rings. The molecule has 2 N–H and O–H groups in total. The Morgan fingerprint density at radius 1 is 1.18 bits per heavy atom. The topological polar surface area (TPSA) is 40.5 Å². The Morgan fingerprint density at radius 2 is 1.82 bits per heavy atom. The van der Waals surface area contributed by atoms with Crippen molar-refractivity contribution in [3.8, 4) is 35.5 Å². The summed E-state index contributed by atoms with van der Waals surface area (Å²) in [5.41, 5.74) is 0. The van der Waals surface area contributed by atoms with Crippen molar-refractivity contribution in [3.05, 3.63) is 0 Å². The van der Waals surface area contributed by atoms with E-state index < -0.39 is 6.10 Å². The first-order valence-electron chi connectivity index (χ1n) is 3.02. The van der Waals surface area contributed by atoms with E-state index in [0.717, 1.165) is 0 Å². The van der Waals surface area contributed by atoms with E-state index in [4.69, 9.17) is 10.2 Å². The lowest BCUT2D eigenvalue weighted by atomic mass is 10.4. The summed E-state index contributed by atoms with van der Waals surface area (Å²) in [4.78, 5) is 0. The molecule has 0 bridgehead atoms. The van der Waals surface area contributed by atoms with Crippen molar-refractivity contribution < 1.29 is 10.2 Å². The molecule has 0 saturated heterocycles. The SMILES string of the molecule is CC#CC#CC#C[C@@H](O)CO. The van der Waals surface area contributed by atoms with Gasteiger partial charge >= 0.3 is 0 Å². The standard InChI is InChI=1S/C9H8O2/c1-2-3-4-5-6-7-9(11)8-10/h9-11H,8H2,1H3/t9-/m1/s1. The van der Waals surface area contributed by atoms with Gasteiger partial charge in [0.25, 0.3) is 0 Å². The van der Waals surface area contributed by atoms with Gasteiger partial charge in [0.2, 0.25) is 0 Å². The van der Waals surface area contributed by atoms with E-state index >= 15 is 0 Å². The summed E-state index contributed by atoms with van der Waals surface area (Å²) >= 11 is 0. The van der Waals surface area contributed by atoms with Crippen LogP contribution in [0.5, 0.6) is 0 Å². The molecule has 0 aromatic carbocycles. The van der Waals surface area contributed by atoms with E-state index in [2.05, 4.69) is 35.5 Å².